The first-order valence-corrected chi connectivity index (χ1v) is 31.5. The van der Waals surface area contributed by atoms with Crippen molar-refractivity contribution in [1.82, 2.24) is 0 Å². The molecular weight excluding hydrogens is 775 g/mol. The number of allylic oxidation sites excluding steroid dienone is 2. The van der Waals surface area contributed by atoms with Crippen LogP contribution < -0.4 is 0 Å². The third kappa shape index (κ3) is 4.68. The Morgan fingerprint density at radius 2 is 0.833 bits per heavy atom. The zero-order valence-corrected chi connectivity index (χ0v) is 31.8. The average molecular weight is 804 g/mol. The van der Waals surface area contributed by atoms with Crippen molar-refractivity contribution in [1.29, 1.82) is 0 Å². The third-order valence-corrected chi connectivity index (χ3v) is 62.5. The molecule has 2 aliphatic rings. The maximum atomic E-state index is 15.3. The molecule has 12 heteroatoms. The van der Waals surface area contributed by atoms with Gasteiger partial charge in [0, 0.05) is 0 Å². The van der Waals surface area contributed by atoms with Gasteiger partial charge >= 0.3 is 284 Å². The molecule has 6 rings (SSSR count). The first kappa shape index (κ1) is 35.3. The van der Waals surface area contributed by atoms with Crippen LogP contribution in [0.2, 0.25) is 13.1 Å². The summed E-state index contributed by atoms with van der Waals surface area (Å²) in [6.07, 6.45) is 3.37. The van der Waals surface area contributed by atoms with E-state index in [-0.39, 0.29) is 11.1 Å². The van der Waals surface area contributed by atoms with E-state index >= 15 is 17.6 Å². The molecule has 0 fully saturated rings. The summed E-state index contributed by atoms with van der Waals surface area (Å²) in [5, 5.41) is 0. The Morgan fingerprint density at radius 3 is 1.12 bits per heavy atom. The molecular formula is C36H29Cl2F8SiZr. The van der Waals surface area contributed by atoms with Crippen molar-refractivity contribution in [2.24, 2.45) is 0 Å². The van der Waals surface area contributed by atoms with Gasteiger partial charge in [0.1, 0.15) is 0 Å². The van der Waals surface area contributed by atoms with Crippen LogP contribution in [0.25, 0.3) is 34.4 Å². The van der Waals surface area contributed by atoms with Gasteiger partial charge in [0.15, 0.2) is 0 Å². The normalized spacial score (nSPS) is 18.1. The Hall–Kier alpha value is -2.52. The number of benzene rings is 4. The topological polar surface area (TPSA) is 0 Å². The van der Waals surface area contributed by atoms with Crippen molar-refractivity contribution in [3.05, 3.63) is 127 Å². The van der Waals surface area contributed by atoms with Gasteiger partial charge in [-0.05, 0) is 0 Å². The molecule has 2 unspecified atom stereocenters. The first-order chi connectivity index (χ1) is 22.4. The van der Waals surface area contributed by atoms with Crippen LogP contribution in [0.15, 0.2) is 47.5 Å². The molecule has 0 heterocycles. The van der Waals surface area contributed by atoms with Gasteiger partial charge in [-0.1, -0.05) is 0 Å². The van der Waals surface area contributed by atoms with Gasteiger partial charge in [0.2, 0.25) is 0 Å². The zero-order valence-electron chi connectivity index (χ0n) is 26.6. The van der Waals surface area contributed by atoms with Gasteiger partial charge in [0.25, 0.3) is 0 Å². The van der Waals surface area contributed by atoms with Gasteiger partial charge in [-0.25, -0.2) is 0 Å². The SMILES string of the molecule is CC1=Cc2c(-c3c(F)c(F)c(C)c(F)c3F)cccc2[CH]1[Zr]([Cl])([Cl])([CH]1C(C)=Cc2c(-c3c(F)c(F)c(C)c(F)c3F)cccc21)[SiH](C)C. The Morgan fingerprint density at radius 1 is 0.521 bits per heavy atom. The Kier molecular flexibility index (Phi) is 8.67. The molecule has 0 N–H and O–H groups in total. The van der Waals surface area contributed by atoms with Gasteiger partial charge in [-0.3, -0.25) is 0 Å². The van der Waals surface area contributed by atoms with Crippen molar-refractivity contribution >= 4 is 35.1 Å². The van der Waals surface area contributed by atoms with E-state index in [0.29, 0.717) is 33.4 Å². The van der Waals surface area contributed by atoms with E-state index < -0.39 is 97.5 Å². The summed E-state index contributed by atoms with van der Waals surface area (Å²) < 4.78 is 119. The number of hydrogen-bond donors (Lipinski definition) is 0. The van der Waals surface area contributed by atoms with Crippen LogP contribution in [0.3, 0.4) is 0 Å². The molecule has 0 nitrogen and oxygen atoms in total. The van der Waals surface area contributed by atoms with Gasteiger partial charge in [-0.15, -0.1) is 0 Å². The fraction of sp³-hybridized carbons (Fsp3) is 0.222. The van der Waals surface area contributed by atoms with Crippen molar-refractivity contribution in [3.8, 4) is 22.3 Å². The summed E-state index contributed by atoms with van der Waals surface area (Å²) in [6, 6.07) is 9.29. The van der Waals surface area contributed by atoms with Crippen LogP contribution in [0.5, 0.6) is 0 Å². The van der Waals surface area contributed by atoms with E-state index in [9.17, 15) is 17.6 Å². The van der Waals surface area contributed by atoms with E-state index in [0.717, 1.165) is 13.8 Å². The van der Waals surface area contributed by atoms with Gasteiger partial charge < -0.3 is 0 Å². The molecule has 0 saturated heterocycles. The minimum atomic E-state index is -5.47. The predicted molar refractivity (Wildman–Crippen MR) is 176 cm³/mol. The molecule has 0 radical (unpaired) electrons. The second-order valence-corrected chi connectivity index (χ2v) is 55.7. The summed E-state index contributed by atoms with van der Waals surface area (Å²) in [5.41, 5.74) is -0.186. The van der Waals surface area contributed by atoms with E-state index in [1.807, 2.05) is 13.1 Å². The molecule has 0 aliphatic heterocycles. The summed E-state index contributed by atoms with van der Waals surface area (Å²) >= 11 is -5.47. The van der Waals surface area contributed by atoms with Crippen LogP contribution in [-0.4, -0.2) is 5.92 Å². The van der Waals surface area contributed by atoms with E-state index in [4.69, 9.17) is 17.0 Å². The van der Waals surface area contributed by atoms with Crippen LogP contribution >= 0.6 is 17.0 Å². The molecule has 4 aromatic carbocycles. The fourth-order valence-electron chi connectivity index (χ4n) is 7.79. The van der Waals surface area contributed by atoms with Gasteiger partial charge in [0.05, 0.1) is 0 Å². The first-order valence-electron chi connectivity index (χ1n) is 15.2. The Balaban J connectivity index is 1.59. The molecule has 0 bridgehead atoms. The van der Waals surface area contributed by atoms with Crippen molar-refractivity contribution in [2.45, 2.75) is 48.0 Å². The molecule has 0 amide bonds. The van der Waals surface area contributed by atoms with E-state index in [1.165, 1.54) is 24.3 Å². The van der Waals surface area contributed by atoms with Crippen molar-refractivity contribution < 1.29 is 50.7 Å². The molecule has 0 aromatic heterocycles. The van der Waals surface area contributed by atoms with Crippen molar-refractivity contribution in [3.63, 3.8) is 0 Å². The summed E-state index contributed by atoms with van der Waals surface area (Å²) in [5.74, 6) is -14.2. The molecule has 4 aromatic rings. The maximum absolute atomic E-state index is 15.3. The van der Waals surface area contributed by atoms with Crippen LogP contribution in [0, 0.1) is 60.4 Å². The standard InChI is InChI=1S/2C17H11F4.C2H7Si.2ClH.Zr/c2*1-8-6-10-4-3-5-11(12(10)7-8)13-16(20)14(18)9(2)15(19)17(13)21;1-3-2;;;/h2*3-7H,1-2H3;3H,1-2H3;2*1H;/q;;;;;+2/p-2. The third-order valence-electron chi connectivity index (χ3n) is 10.3. The second kappa shape index (κ2) is 11.8. The summed E-state index contributed by atoms with van der Waals surface area (Å²) in [7, 11) is 16.1. The number of hydrogen-bond acceptors (Lipinski definition) is 0. The van der Waals surface area contributed by atoms with Crippen molar-refractivity contribution in [2.75, 3.05) is 0 Å². The second-order valence-electron chi connectivity index (χ2n) is 13.2. The average Bonchev–Trinajstić information content (AvgIpc) is 3.58. The molecule has 0 spiro atoms. The number of rotatable bonds is 5. The minimum absolute atomic E-state index is 0.0613. The Labute approximate surface area is 281 Å². The van der Waals surface area contributed by atoms with Gasteiger partial charge in [-0.2, -0.15) is 0 Å². The van der Waals surface area contributed by atoms with Crippen LogP contribution in [0.1, 0.15) is 54.5 Å². The molecule has 48 heavy (non-hydrogen) atoms. The van der Waals surface area contributed by atoms with Crippen LogP contribution in [0.4, 0.5) is 35.1 Å². The molecule has 2 atom stereocenters. The Bertz CT molecular complexity index is 1950. The molecule has 0 saturated carbocycles. The monoisotopic (exact) mass is 801 g/mol. The summed E-state index contributed by atoms with van der Waals surface area (Å²) in [6.45, 7) is 9.49. The zero-order chi connectivity index (χ0) is 35.4. The van der Waals surface area contributed by atoms with E-state index in [1.54, 1.807) is 38.1 Å². The molecule has 251 valence electrons. The fourth-order valence-corrected chi connectivity index (χ4v) is 40.7. The molecule has 2 aliphatic carbocycles. The van der Waals surface area contributed by atoms with Crippen LogP contribution in [-0.2, 0) is 15.6 Å². The summed E-state index contributed by atoms with van der Waals surface area (Å²) in [4.78, 5) is 0. The van der Waals surface area contributed by atoms with E-state index in [2.05, 4.69) is 0 Å². The quantitative estimate of drug-likeness (QED) is 0.107. The number of halogens is 10. The predicted octanol–water partition coefficient (Wildman–Crippen LogP) is 12.3. The number of fused-ring (bicyclic) bond motifs is 2.